The van der Waals surface area contributed by atoms with Crippen molar-refractivity contribution in [3.05, 3.63) is 65.7 Å². The Morgan fingerprint density at radius 2 is 1.65 bits per heavy atom. The number of benzene rings is 2. The largest absolute Gasteiger partial charge is 0.435 e. The smallest absolute Gasteiger partial charge is 0.391 e. The normalized spacial score (nSPS) is 23.1. The second kappa shape index (κ2) is 9.99. The van der Waals surface area contributed by atoms with Crippen LogP contribution in [0.15, 0.2) is 59.7 Å². The molecule has 1 unspecified atom stereocenters. The van der Waals surface area contributed by atoms with Gasteiger partial charge >= 0.3 is 18.8 Å². The van der Waals surface area contributed by atoms with Gasteiger partial charge in [-0.3, -0.25) is 0 Å². The maximum atomic E-state index is 12.9. The van der Waals surface area contributed by atoms with Gasteiger partial charge in [-0.25, -0.2) is 9.80 Å². The lowest BCUT2D eigenvalue weighted by molar-refractivity contribution is -0.182. The first kappa shape index (κ1) is 24.0. The Bertz CT molecular complexity index is 1000. The van der Waals surface area contributed by atoms with Crippen molar-refractivity contribution >= 4 is 11.7 Å². The standard InChI is InChI=1S/C24H24F5N3O2/c25-22(26)34-19-12-6-16(7-13-19)21-20(15-4-2-1-3-5-15)14-32(31-21)23(33)30-18-10-8-17(9-11-18)24(27,28)29/h1-7,12-13,17-18,20,22H,8-11,14H2,(H,30,33). The fraction of sp³-hybridized carbons (Fsp3) is 0.417. The maximum Gasteiger partial charge on any atom is 0.391 e. The molecule has 1 aliphatic heterocycles. The molecule has 0 radical (unpaired) electrons. The fourth-order valence-corrected chi connectivity index (χ4v) is 4.46. The summed E-state index contributed by atoms with van der Waals surface area (Å²) in [5.41, 5.74) is 2.16. The van der Waals surface area contributed by atoms with Gasteiger partial charge < -0.3 is 10.1 Å². The fourth-order valence-electron chi connectivity index (χ4n) is 4.46. The number of rotatable bonds is 5. The Morgan fingerprint density at radius 1 is 1.00 bits per heavy atom. The second-order valence-electron chi connectivity index (χ2n) is 8.47. The van der Waals surface area contributed by atoms with Gasteiger partial charge in [0.1, 0.15) is 5.75 Å². The molecule has 182 valence electrons. The van der Waals surface area contributed by atoms with Gasteiger partial charge in [-0.15, -0.1) is 0 Å². The van der Waals surface area contributed by atoms with Crippen LogP contribution in [0.4, 0.5) is 26.7 Å². The van der Waals surface area contributed by atoms with Gasteiger partial charge in [-0.05, 0) is 61.1 Å². The van der Waals surface area contributed by atoms with Crippen molar-refractivity contribution in [1.82, 2.24) is 10.3 Å². The molecule has 5 nitrogen and oxygen atoms in total. The third kappa shape index (κ3) is 5.66. The van der Waals surface area contributed by atoms with E-state index in [1.165, 1.54) is 17.1 Å². The molecule has 2 amide bonds. The van der Waals surface area contributed by atoms with E-state index in [0.717, 1.165) is 5.56 Å². The Labute approximate surface area is 193 Å². The number of ether oxygens (including phenoxy) is 1. The van der Waals surface area contributed by atoms with Gasteiger partial charge in [0.2, 0.25) is 0 Å². The Hall–Kier alpha value is -3.17. The summed E-state index contributed by atoms with van der Waals surface area (Å²) in [6, 6.07) is 14.6. The van der Waals surface area contributed by atoms with Crippen LogP contribution in [0.5, 0.6) is 5.75 Å². The number of urea groups is 1. The van der Waals surface area contributed by atoms with Crippen LogP contribution in [-0.2, 0) is 0 Å². The zero-order valence-corrected chi connectivity index (χ0v) is 18.1. The maximum absolute atomic E-state index is 12.9. The molecule has 0 bridgehead atoms. The Balaban J connectivity index is 1.49. The second-order valence-corrected chi connectivity index (χ2v) is 8.47. The SMILES string of the molecule is O=C(NC1CCC(C(F)(F)F)CC1)N1CC(c2ccccc2)C(c2ccc(OC(F)F)cc2)=N1. The van der Waals surface area contributed by atoms with E-state index in [4.69, 9.17) is 0 Å². The van der Waals surface area contributed by atoms with E-state index in [0.29, 0.717) is 11.3 Å². The monoisotopic (exact) mass is 481 g/mol. The van der Waals surface area contributed by atoms with E-state index in [9.17, 15) is 26.7 Å². The summed E-state index contributed by atoms with van der Waals surface area (Å²) in [6.07, 6.45) is -3.71. The third-order valence-electron chi connectivity index (χ3n) is 6.24. The van der Waals surface area contributed by atoms with Crippen molar-refractivity contribution in [3.8, 4) is 5.75 Å². The summed E-state index contributed by atoms with van der Waals surface area (Å²) in [5.74, 6) is -1.57. The van der Waals surface area contributed by atoms with Gasteiger partial charge in [0.05, 0.1) is 18.2 Å². The van der Waals surface area contributed by atoms with Crippen LogP contribution in [0.2, 0.25) is 0 Å². The van der Waals surface area contributed by atoms with Crippen molar-refractivity contribution in [2.45, 2.75) is 50.4 Å². The van der Waals surface area contributed by atoms with Crippen LogP contribution in [0.25, 0.3) is 0 Å². The molecule has 34 heavy (non-hydrogen) atoms. The highest BCUT2D eigenvalue weighted by Gasteiger charge is 2.42. The number of carbonyl (C=O) groups excluding carboxylic acids is 1. The average Bonchev–Trinajstić information content (AvgIpc) is 3.25. The number of amides is 2. The molecule has 10 heteroatoms. The number of carbonyl (C=O) groups is 1. The van der Waals surface area contributed by atoms with Crippen molar-refractivity contribution < 1.29 is 31.5 Å². The quantitative estimate of drug-likeness (QED) is 0.539. The van der Waals surface area contributed by atoms with Crippen LogP contribution < -0.4 is 10.1 Å². The molecular weight excluding hydrogens is 457 g/mol. The van der Waals surface area contributed by atoms with Gasteiger partial charge in [0, 0.05) is 12.0 Å². The molecule has 0 spiro atoms. The molecule has 1 saturated carbocycles. The van der Waals surface area contributed by atoms with E-state index >= 15 is 0 Å². The molecule has 2 aromatic carbocycles. The van der Waals surface area contributed by atoms with Crippen molar-refractivity contribution in [3.63, 3.8) is 0 Å². The molecule has 2 aliphatic rings. The lowest BCUT2D eigenvalue weighted by atomic mass is 9.85. The molecule has 1 aliphatic carbocycles. The minimum absolute atomic E-state index is 0.0113. The zero-order valence-electron chi connectivity index (χ0n) is 18.1. The van der Waals surface area contributed by atoms with Gasteiger partial charge in [0.25, 0.3) is 0 Å². The van der Waals surface area contributed by atoms with E-state index in [1.54, 1.807) is 12.1 Å². The summed E-state index contributed by atoms with van der Waals surface area (Å²) in [5, 5.41) is 8.60. The minimum Gasteiger partial charge on any atom is -0.435 e. The van der Waals surface area contributed by atoms with Crippen LogP contribution >= 0.6 is 0 Å². The lowest BCUT2D eigenvalue weighted by Gasteiger charge is -2.31. The first-order valence-electron chi connectivity index (χ1n) is 11.0. The number of alkyl halides is 5. The number of hydrogen-bond acceptors (Lipinski definition) is 3. The van der Waals surface area contributed by atoms with Gasteiger partial charge in [-0.2, -0.15) is 27.1 Å². The summed E-state index contributed by atoms with van der Waals surface area (Å²) < 4.78 is 68.1. The highest BCUT2D eigenvalue weighted by molar-refractivity contribution is 6.07. The molecular formula is C24H24F5N3O2. The van der Waals surface area contributed by atoms with E-state index in [2.05, 4.69) is 15.2 Å². The summed E-state index contributed by atoms with van der Waals surface area (Å²) in [7, 11) is 0. The molecule has 1 N–H and O–H groups in total. The third-order valence-corrected chi connectivity index (χ3v) is 6.24. The van der Waals surface area contributed by atoms with Crippen molar-refractivity contribution in [2.24, 2.45) is 11.0 Å². The summed E-state index contributed by atoms with van der Waals surface area (Å²) in [6.45, 7) is -2.68. The highest BCUT2D eigenvalue weighted by Crippen LogP contribution is 2.37. The number of nitrogens with zero attached hydrogens (tertiary/aromatic N) is 2. The molecule has 1 heterocycles. The number of nitrogens with one attached hydrogen (secondary N) is 1. The van der Waals surface area contributed by atoms with Crippen LogP contribution in [-0.4, -0.2) is 42.1 Å². The molecule has 1 atom stereocenters. The molecule has 4 rings (SSSR count). The first-order valence-corrected chi connectivity index (χ1v) is 11.0. The number of hydrogen-bond donors (Lipinski definition) is 1. The van der Waals surface area contributed by atoms with Crippen molar-refractivity contribution in [2.75, 3.05) is 6.54 Å². The topological polar surface area (TPSA) is 53.9 Å². The predicted octanol–water partition coefficient (Wildman–Crippen LogP) is 5.92. The van der Waals surface area contributed by atoms with Crippen LogP contribution in [0.1, 0.15) is 42.7 Å². The zero-order chi connectivity index (χ0) is 24.3. The Kier molecular flexibility index (Phi) is 7.04. The van der Waals surface area contributed by atoms with Crippen molar-refractivity contribution in [1.29, 1.82) is 0 Å². The highest BCUT2D eigenvalue weighted by atomic mass is 19.4. The molecule has 0 aromatic heterocycles. The summed E-state index contributed by atoms with van der Waals surface area (Å²) in [4.78, 5) is 12.9. The van der Waals surface area contributed by atoms with E-state index in [1.807, 2.05) is 30.3 Å². The summed E-state index contributed by atoms with van der Waals surface area (Å²) >= 11 is 0. The van der Waals surface area contributed by atoms with Gasteiger partial charge in [0.15, 0.2) is 0 Å². The van der Waals surface area contributed by atoms with Crippen LogP contribution in [0.3, 0.4) is 0 Å². The lowest BCUT2D eigenvalue weighted by Crippen LogP contribution is -2.44. The average molecular weight is 481 g/mol. The Morgan fingerprint density at radius 3 is 2.24 bits per heavy atom. The molecule has 1 fully saturated rings. The van der Waals surface area contributed by atoms with Gasteiger partial charge in [-0.1, -0.05) is 30.3 Å². The predicted molar refractivity (Wildman–Crippen MR) is 116 cm³/mol. The van der Waals surface area contributed by atoms with E-state index in [-0.39, 0.29) is 49.9 Å². The first-order chi connectivity index (χ1) is 16.2. The molecule has 2 aromatic rings. The van der Waals surface area contributed by atoms with Crippen LogP contribution in [0, 0.1) is 5.92 Å². The number of halogens is 5. The minimum atomic E-state index is -4.21. The number of hydrazone groups is 1. The molecule has 0 saturated heterocycles. The van der Waals surface area contributed by atoms with E-state index < -0.39 is 24.7 Å².